The first-order chi connectivity index (χ1) is 14.2. The molecule has 30 heavy (non-hydrogen) atoms. The third-order valence-corrected chi connectivity index (χ3v) is 7.15. The van der Waals surface area contributed by atoms with Crippen molar-refractivity contribution in [3.63, 3.8) is 0 Å². The maximum Gasteiger partial charge on any atom is 0.339 e. The van der Waals surface area contributed by atoms with E-state index in [1.54, 1.807) is 43.0 Å². The van der Waals surface area contributed by atoms with Crippen molar-refractivity contribution in [2.24, 2.45) is 0 Å². The number of piperazine rings is 1. The average molecular weight is 496 g/mol. The van der Waals surface area contributed by atoms with Crippen LogP contribution in [-0.4, -0.2) is 67.3 Å². The Labute approximate surface area is 184 Å². The van der Waals surface area contributed by atoms with Gasteiger partial charge in [0, 0.05) is 30.7 Å². The molecule has 0 aliphatic carbocycles. The van der Waals surface area contributed by atoms with Gasteiger partial charge in [-0.3, -0.25) is 4.79 Å². The maximum absolute atomic E-state index is 12.8. The summed E-state index contributed by atoms with van der Waals surface area (Å²) >= 11 is 3.29. The van der Waals surface area contributed by atoms with Crippen molar-refractivity contribution in [2.75, 3.05) is 32.8 Å². The highest BCUT2D eigenvalue weighted by Gasteiger charge is 2.31. The van der Waals surface area contributed by atoms with Gasteiger partial charge in [0.1, 0.15) is 5.69 Å². The maximum atomic E-state index is 12.8. The number of esters is 1. The van der Waals surface area contributed by atoms with Gasteiger partial charge < -0.3 is 9.64 Å². The second-order valence-corrected chi connectivity index (χ2v) is 9.56. The number of hydrogen-bond acceptors (Lipinski definition) is 6. The molecule has 1 aliphatic heterocycles. The van der Waals surface area contributed by atoms with Crippen LogP contribution in [0.5, 0.6) is 0 Å². The van der Waals surface area contributed by atoms with Crippen molar-refractivity contribution in [1.82, 2.24) is 14.2 Å². The van der Waals surface area contributed by atoms with E-state index in [-0.39, 0.29) is 49.3 Å². The molecule has 1 aromatic heterocycles. The Morgan fingerprint density at radius 1 is 1.13 bits per heavy atom. The minimum atomic E-state index is -3.63. The van der Waals surface area contributed by atoms with Gasteiger partial charge in [0.25, 0.3) is 5.91 Å². The van der Waals surface area contributed by atoms with Crippen LogP contribution in [0.15, 0.2) is 45.8 Å². The predicted octanol–water partition coefficient (Wildman–Crippen LogP) is 2.48. The van der Waals surface area contributed by atoms with Crippen LogP contribution >= 0.6 is 15.9 Å². The third kappa shape index (κ3) is 4.71. The van der Waals surface area contributed by atoms with Gasteiger partial charge in [0.15, 0.2) is 0 Å². The summed E-state index contributed by atoms with van der Waals surface area (Å²) in [6.45, 7) is 4.52. The Morgan fingerprint density at radius 2 is 1.83 bits per heavy atom. The number of rotatable bonds is 5. The lowest BCUT2D eigenvalue weighted by Gasteiger charge is -2.33. The average Bonchev–Trinajstić information content (AvgIpc) is 2.73. The second kappa shape index (κ2) is 9.23. The number of amides is 1. The number of aromatic nitrogens is 1. The van der Waals surface area contributed by atoms with Gasteiger partial charge in [-0.1, -0.05) is 22.0 Å². The Hall–Kier alpha value is -2.30. The highest BCUT2D eigenvalue weighted by atomic mass is 79.9. The van der Waals surface area contributed by atoms with Crippen molar-refractivity contribution in [3.05, 3.63) is 57.8 Å². The summed E-state index contributed by atoms with van der Waals surface area (Å²) in [5.74, 6) is -0.777. The number of hydrogen-bond donors (Lipinski definition) is 0. The summed E-state index contributed by atoms with van der Waals surface area (Å²) in [4.78, 5) is 30.7. The van der Waals surface area contributed by atoms with Crippen molar-refractivity contribution in [3.8, 4) is 0 Å². The van der Waals surface area contributed by atoms with Gasteiger partial charge in [0.2, 0.25) is 10.0 Å². The van der Waals surface area contributed by atoms with E-state index >= 15 is 0 Å². The third-order valence-electron chi connectivity index (χ3n) is 4.76. The van der Waals surface area contributed by atoms with E-state index in [0.29, 0.717) is 15.7 Å². The number of sulfonamides is 1. The highest BCUT2D eigenvalue weighted by molar-refractivity contribution is 9.10. The highest BCUT2D eigenvalue weighted by Crippen LogP contribution is 2.21. The molecule has 0 bridgehead atoms. The van der Waals surface area contributed by atoms with Crippen LogP contribution in [0.2, 0.25) is 0 Å². The van der Waals surface area contributed by atoms with Gasteiger partial charge in [0.05, 0.1) is 22.8 Å². The SMILES string of the molecule is CCOC(=O)c1ccc(C(=O)N2CCN(S(=O)(=O)c3cccc(Br)c3)CC2)nc1C. The summed E-state index contributed by atoms with van der Waals surface area (Å²) in [6, 6.07) is 9.57. The van der Waals surface area contributed by atoms with Crippen LogP contribution in [0, 0.1) is 6.92 Å². The van der Waals surface area contributed by atoms with E-state index in [1.165, 1.54) is 16.4 Å². The van der Waals surface area contributed by atoms with E-state index in [0.717, 1.165) is 0 Å². The minimum Gasteiger partial charge on any atom is -0.462 e. The lowest BCUT2D eigenvalue weighted by atomic mass is 10.1. The molecule has 3 rings (SSSR count). The van der Waals surface area contributed by atoms with Gasteiger partial charge in [-0.05, 0) is 44.2 Å². The van der Waals surface area contributed by atoms with Crippen LogP contribution in [0.4, 0.5) is 0 Å². The smallest absolute Gasteiger partial charge is 0.339 e. The van der Waals surface area contributed by atoms with Crippen LogP contribution in [0.3, 0.4) is 0 Å². The summed E-state index contributed by atoms with van der Waals surface area (Å²) in [5.41, 5.74) is 0.942. The minimum absolute atomic E-state index is 0.195. The zero-order valence-electron chi connectivity index (χ0n) is 16.7. The molecule has 0 radical (unpaired) electrons. The molecule has 1 fully saturated rings. The number of carbonyl (C=O) groups excluding carboxylic acids is 2. The summed E-state index contributed by atoms with van der Waals surface area (Å²) in [6.07, 6.45) is 0. The number of carbonyl (C=O) groups is 2. The molecule has 0 N–H and O–H groups in total. The van der Waals surface area contributed by atoms with Crippen LogP contribution in [0.1, 0.15) is 33.5 Å². The van der Waals surface area contributed by atoms with Crippen LogP contribution in [-0.2, 0) is 14.8 Å². The summed E-state index contributed by atoms with van der Waals surface area (Å²) in [7, 11) is -3.63. The molecule has 1 amide bonds. The number of benzene rings is 1. The molecule has 0 atom stereocenters. The van der Waals surface area contributed by atoms with E-state index in [9.17, 15) is 18.0 Å². The Bertz CT molecular complexity index is 1070. The number of halogens is 1. The van der Waals surface area contributed by atoms with Crippen molar-refractivity contribution in [1.29, 1.82) is 0 Å². The molecule has 1 saturated heterocycles. The van der Waals surface area contributed by atoms with Crippen LogP contribution < -0.4 is 0 Å². The molecule has 0 unspecified atom stereocenters. The Kier molecular flexibility index (Phi) is 6.89. The lowest BCUT2D eigenvalue weighted by Crippen LogP contribution is -2.50. The molecular formula is C20H22BrN3O5S. The number of ether oxygens (including phenoxy) is 1. The lowest BCUT2D eigenvalue weighted by molar-refractivity contribution is 0.0523. The van der Waals surface area contributed by atoms with E-state index < -0.39 is 16.0 Å². The molecule has 8 nitrogen and oxygen atoms in total. The molecule has 0 saturated carbocycles. The number of pyridine rings is 1. The molecule has 160 valence electrons. The Balaban J connectivity index is 1.68. The molecule has 2 aromatic rings. The Morgan fingerprint density at radius 3 is 2.43 bits per heavy atom. The first-order valence-corrected chi connectivity index (χ1v) is 11.7. The topological polar surface area (TPSA) is 96.9 Å². The quantitative estimate of drug-likeness (QED) is 0.591. The fraction of sp³-hybridized carbons (Fsp3) is 0.350. The normalized spacial score (nSPS) is 15.1. The standard InChI is InChI=1S/C20H22BrN3O5S/c1-3-29-20(26)17-7-8-18(22-14(17)2)19(25)23-9-11-24(12-10-23)30(27,28)16-6-4-5-15(21)13-16/h4-8,13H,3,9-12H2,1-2H3. The number of nitrogens with zero attached hydrogens (tertiary/aromatic N) is 3. The first-order valence-electron chi connectivity index (χ1n) is 9.43. The largest absolute Gasteiger partial charge is 0.462 e. The van der Waals surface area contributed by atoms with Crippen molar-refractivity contribution >= 4 is 37.8 Å². The van der Waals surface area contributed by atoms with Gasteiger partial charge in [-0.25, -0.2) is 18.2 Å². The summed E-state index contributed by atoms with van der Waals surface area (Å²) in [5, 5.41) is 0. The monoisotopic (exact) mass is 495 g/mol. The molecule has 0 spiro atoms. The van der Waals surface area contributed by atoms with Crippen LogP contribution in [0.25, 0.3) is 0 Å². The molecular weight excluding hydrogens is 474 g/mol. The van der Waals surface area contributed by atoms with Gasteiger partial charge in [-0.15, -0.1) is 0 Å². The van der Waals surface area contributed by atoms with Gasteiger partial charge in [-0.2, -0.15) is 4.31 Å². The predicted molar refractivity (Wildman–Crippen MR) is 114 cm³/mol. The fourth-order valence-electron chi connectivity index (χ4n) is 3.17. The zero-order chi connectivity index (χ0) is 21.9. The van der Waals surface area contributed by atoms with Crippen molar-refractivity contribution in [2.45, 2.75) is 18.7 Å². The first kappa shape index (κ1) is 22.4. The second-order valence-electron chi connectivity index (χ2n) is 6.70. The molecule has 1 aromatic carbocycles. The molecule has 2 heterocycles. The molecule has 1 aliphatic rings. The molecule has 10 heteroatoms. The fourth-order valence-corrected chi connectivity index (χ4v) is 5.19. The summed E-state index contributed by atoms with van der Waals surface area (Å²) < 4.78 is 32.7. The zero-order valence-corrected chi connectivity index (χ0v) is 19.1. The van der Waals surface area contributed by atoms with E-state index in [4.69, 9.17) is 4.74 Å². The van der Waals surface area contributed by atoms with Crippen molar-refractivity contribution < 1.29 is 22.7 Å². The van der Waals surface area contributed by atoms with E-state index in [2.05, 4.69) is 20.9 Å². The number of aryl methyl sites for hydroxylation is 1. The van der Waals surface area contributed by atoms with Gasteiger partial charge >= 0.3 is 5.97 Å². The van der Waals surface area contributed by atoms with E-state index in [1.807, 2.05) is 0 Å².